The quantitative estimate of drug-likeness (QED) is 0.435. The van der Waals surface area contributed by atoms with E-state index in [1.165, 1.54) is 9.65 Å². The van der Waals surface area contributed by atoms with Gasteiger partial charge in [-0.3, -0.25) is 14.9 Å². The molecule has 1 N–H and O–H groups in total. The van der Waals surface area contributed by atoms with Gasteiger partial charge in [-0.2, -0.15) is 5.26 Å². The van der Waals surface area contributed by atoms with Crippen molar-refractivity contribution in [3.63, 3.8) is 0 Å². The summed E-state index contributed by atoms with van der Waals surface area (Å²) in [6.07, 6.45) is 1.54. The van der Waals surface area contributed by atoms with E-state index in [4.69, 9.17) is 9.68 Å². The first-order chi connectivity index (χ1) is 11.9. The van der Waals surface area contributed by atoms with Gasteiger partial charge in [-0.25, -0.2) is 0 Å². The smallest absolute Gasteiger partial charge is 0.269 e. The van der Waals surface area contributed by atoms with Gasteiger partial charge >= 0.3 is 0 Å². The van der Waals surface area contributed by atoms with E-state index in [1.807, 2.05) is 37.3 Å². The van der Waals surface area contributed by atoms with E-state index < -0.39 is 11.8 Å². The van der Waals surface area contributed by atoms with Crippen LogP contribution in [0.15, 0.2) is 51.5 Å². The maximum Gasteiger partial charge on any atom is 0.269 e. The van der Waals surface area contributed by atoms with Crippen molar-refractivity contribution in [1.29, 1.82) is 5.26 Å². The molecule has 2 aromatic rings. The number of carbonyl (C=O) groups is 2. The summed E-state index contributed by atoms with van der Waals surface area (Å²) < 4.78 is 6.98. The third kappa shape index (κ3) is 3.28. The molecule has 3 rings (SSSR count). The number of hydrogen-bond acceptors (Lipinski definition) is 4. The minimum atomic E-state index is -0.670. The fourth-order valence-corrected chi connectivity index (χ4v) is 2.88. The second kappa shape index (κ2) is 6.69. The summed E-state index contributed by atoms with van der Waals surface area (Å²) in [6, 6.07) is 11.4. The molecule has 6 heteroatoms. The van der Waals surface area contributed by atoms with Crippen LogP contribution in [-0.2, 0) is 9.59 Å². The van der Waals surface area contributed by atoms with Gasteiger partial charge in [-0.15, -0.1) is 0 Å². The van der Waals surface area contributed by atoms with Crippen molar-refractivity contribution in [3.05, 3.63) is 61.9 Å². The van der Waals surface area contributed by atoms with Crippen molar-refractivity contribution >= 4 is 40.5 Å². The van der Waals surface area contributed by atoms with Crippen LogP contribution < -0.4 is 5.32 Å². The molecule has 0 saturated carbocycles. The molecule has 124 valence electrons. The monoisotopic (exact) mass is 444 g/mol. The molecule has 0 radical (unpaired) electrons. The number of nitriles is 1. The van der Waals surface area contributed by atoms with E-state index in [2.05, 4.69) is 27.9 Å². The van der Waals surface area contributed by atoms with Crippen molar-refractivity contribution in [2.45, 2.75) is 13.8 Å². The molecule has 1 aliphatic heterocycles. The Balaban J connectivity index is 2.00. The first-order valence-electron chi connectivity index (χ1n) is 7.46. The summed E-state index contributed by atoms with van der Waals surface area (Å²) in [6.45, 7) is 3.60. The molecular weight excluding hydrogens is 431 g/mol. The number of amides is 2. The highest BCUT2D eigenvalue weighted by atomic mass is 127. The summed E-state index contributed by atoms with van der Waals surface area (Å²) in [7, 11) is 0. The molecule has 5 nitrogen and oxygen atoms in total. The van der Waals surface area contributed by atoms with Gasteiger partial charge in [0.15, 0.2) is 0 Å². The number of aryl methyl sites for hydroxylation is 1. The van der Waals surface area contributed by atoms with Crippen LogP contribution in [0.1, 0.15) is 18.2 Å². The SMILES string of the molecule is CC1=C(C#N)C(=O)NC(=O)/C1=C\c1ccc(-c2ccc(I)c(C)c2)o1. The van der Waals surface area contributed by atoms with E-state index in [1.54, 1.807) is 13.0 Å². The standard InChI is InChI=1S/C19H13IN2O3/c1-10-7-12(3-5-16(10)20)17-6-4-13(25-17)8-14-11(2)15(9-21)19(24)22-18(14)23/h3-8H,1-2H3,(H,22,23,24)/b14-8-. The van der Waals surface area contributed by atoms with Crippen LogP contribution in [0.2, 0.25) is 0 Å². The lowest BCUT2D eigenvalue weighted by atomic mass is 9.96. The lowest BCUT2D eigenvalue weighted by Crippen LogP contribution is -2.37. The van der Waals surface area contributed by atoms with Crippen molar-refractivity contribution < 1.29 is 14.0 Å². The molecule has 0 fully saturated rings. The molecule has 25 heavy (non-hydrogen) atoms. The summed E-state index contributed by atoms with van der Waals surface area (Å²) in [5.74, 6) is -0.0515. The summed E-state index contributed by atoms with van der Waals surface area (Å²) in [5, 5.41) is 11.2. The van der Waals surface area contributed by atoms with Crippen LogP contribution in [0.3, 0.4) is 0 Å². The molecule has 2 heterocycles. The average Bonchev–Trinajstić information content (AvgIpc) is 3.03. The Hall–Kier alpha value is -2.66. The molecule has 1 aromatic carbocycles. The minimum absolute atomic E-state index is 0.0640. The Morgan fingerprint density at radius 1 is 1.16 bits per heavy atom. The fourth-order valence-electron chi connectivity index (χ4n) is 2.54. The van der Waals surface area contributed by atoms with Crippen LogP contribution >= 0.6 is 22.6 Å². The van der Waals surface area contributed by atoms with Gasteiger partial charge in [0, 0.05) is 14.7 Å². The second-order valence-corrected chi connectivity index (χ2v) is 6.78. The van der Waals surface area contributed by atoms with E-state index in [0.29, 0.717) is 17.1 Å². The highest BCUT2D eigenvalue weighted by molar-refractivity contribution is 14.1. The first kappa shape index (κ1) is 17.2. The van der Waals surface area contributed by atoms with Crippen LogP contribution in [0.25, 0.3) is 17.4 Å². The normalized spacial score (nSPS) is 16.2. The number of imide groups is 1. The van der Waals surface area contributed by atoms with Crippen molar-refractivity contribution in [1.82, 2.24) is 5.32 Å². The average molecular weight is 444 g/mol. The van der Waals surface area contributed by atoms with E-state index in [9.17, 15) is 9.59 Å². The molecule has 2 amide bonds. The zero-order valence-electron chi connectivity index (χ0n) is 13.5. The number of carbonyl (C=O) groups excluding carboxylic acids is 2. The second-order valence-electron chi connectivity index (χ2n) is 5.62. The number of nitrogens with zero attached hydrogens (tertiary/aromatic N) is 1. The molecular formula is C19H13IN2O3. The van der Waals surface area contributed by atoms with E-state index in [-0.39, 0.29) is 11.1 Å². The molecule has 1 aliphatic rings. The van der Waals surface area contributed by atoms with Gasteiger partial charge in [0.1, 0.15) is 23.2 Å². The van der Waals surface area contributed by atoms with E-state index >= 15 is 0 Å². The Labute approximate surface area is 158 Å². The van der Waals surface area contributed by atoms with Gasteiger partial charge in [-0.05, 0) is 77.9 Å². The van der Waals surface area contributed by atoms with Crippen molar-refractivity contribution in [2.75, 3.05) is 0 Å². The fraction of sp³-hybridized carbons (Fsp3) is 0.105. The lowest BCUT2D eigenvalue weighted by molar-refractivity contribution is -0.126. The zero-order valence-corrected chi connectivity index (χ0v) is 15.7. The van der Waals surface area contributed by atoms with Gasteiger partial charge in [0.25, 0.3) is 11.8 Å². The Morgan fingerprint density at radius 2 is 1.92 bits per heavy atom. The largest absolute Gasteiger partial charge is 0.457 e. The number of nitrogens with one attached hydrogen (secondary N) is 1. The zero-order chi connectivity index (χ0) is 18.1. The predicted octanol–water partition coefficient (Wildman–Crippen LogP) is 3.74. The first-order valence-corrected chi connectivity index (χ1v) is 8.53. The molecule has 0 spiro atoms. The molecule has 0 saturated heterocycles. The number of benzene rings is 1. The van der Waals surface area contributed by atoms with Crippen LogP contribution in [-0.4, -0.2) is 11.8 Å². The van der Waals surface area contributed by atoms with E-state index in [0.717, 1.165) is 11.1 Å². The van der Waals surface area contributed by atoms with Crippen LogP contribution in [0.5, 0.6) is 0 Å². The molecule has 0 aliphatic carbocycles. The maximum absolute atomic E-state index is 12.1. The van der Waals surface area contributed by atoms with Gasteiger partial charge in [-0.1, -0.05) is 6.07 Å². The number of rotatable bonds is 2. The molecule has 0 atom stereocenters. The topological polar surface area (TPSA) is 83.1 Å². The molecule has 0 bridgehead atoms. The Kier molecular flexibility index (Phi) is 4.59. The van der Waals surface area contributed by atoms with Crippen LogP contribution in [0, 0.1) is 21.8 Å². The molecule has 0 unspecified atom stereocenters. The highest BCUT2D eigenvalue weighted by Gasteiger charge is 2.27. The van der Waals surface area contributed by atoms with Gasteiger partial charge in [0.2, 0.25) is 0 Å². The third-order valence-electron chi connectivity index (χ3n) is 3.95. The minimum Gasteiger partial charge on any atom is -0.457 e. The predicted molar refractivity (Wildman–Crippen MR) is 101 cm³/mol. The molecule has 1 aromatic heterocycles. The number of hydrogen-bond donors (Lipinski definition) is 1. The highest BCUT2D eigenvalue weighted by Crippen LogP contribution is 2.28. The Bertz CT molecular complexity index is 1010. The van der Waals surface area contributed by atoms with Gasteiger partial charge in [0.05, 0.1) is 0 Å². The van der Waals surface area contributed by atoms with Crippen molar-refractivity contribution in [2.24, 2.45) is 0 Å². The van der Waals surface area contributed by atoms with Crippen LogP contribution in [0.4, 0.5) is 0 Å². The Morgan fingerprint density at radius 3 is 2.60 bits per heavy atom. The summed E-state index contributed by atoms with van der Waals surface area (Å²) in [4.78, 5) is 23.7. The number of halogens is 1. The van der Waals surface area contributed by atoms with Crippen molar-refractivity contribution in [3.8, 4) is 17.4 Å². The summed E-state index contributed by atoms with van der Waals surface area (Å²) in [5.41, 5.74) is 2.62. The van der Waals surface area contributed by atoms with Gasteiger partial charge < -0.3 is 4.42 Å². The third-order valence-corrected chi connectivity index (χ3v) is 5.16. The number of furan rings is 1. The maximum atomic E-state index is 12.1. The lowest BCUT2D eigenvalue weighted by Gasteiger charge is -2.15. The summed E-state index contributed by atoms with van der Waals surface area (Å²) >= 11 is 2.27.